The standard InChI is InChI=1S/C17H36N2O/c1-4-16-11-7-6-9-13-19(16)14-10-8-12-17(3,15-20)18-5-2/h16,18,20H,4-15H2,1-3H3. The second-order valence-electron chi connectivity index (χ2n) is 6.65. The predicted octanol–water partition coefficient (Wildman–Crippen LogP) is 3.17. The van der Waals surface area contributed by atoms with Crippen molar-refractivity contribution < 1.29 is 5.11 Å². The third-order valence-electron chi connectivity index (χ3n) is 4.85. The third-order valence-corrected chi connectivity index (χ3v) is 4.85. The lowest BCUT2D eigenvalue weighted by atomic mass is 9.95. The lowest BCUT2D eigenvalue weighted by molar-refractivity contribution is 0.157. The summed E-state index contributed by atoms with van der Waals surface area (Å²) in [6.07, 6.45) is 10.4. The van der Waals surface area contributed by atoms with Crippen molar-refractivity contribution in [2.24, 2.45) is 0 Å². The van der Waals surface area contributed by atoms with Gasteiger partial charge in [0, 0.05) is 11.6 Å². The Balaban J connectivity index is 2.27. The van der Waals surface area contributed by atoms with Crippen LogP contribution in [-0.4, -0.2) is 47.8 Å². The minimum Gasteiger partial charge on any atom is -0.394 e. The molecule has 0 aromatic heterocycles. The Labute approximate surface area is 126 Å². The summed E-state index contributed by atoms with van der Waals surface area (Å²) in [4.78, 5) is 2.72. The van der Waals surface area contributed by atoms with Gasteiger partial charge in [-0.3, -0.25) is 0 Å². The zero-order chi connectivity index (χ0) is 14.8. The molecule has 0 bridgehead atoms. The second-order valence-corrected chi connectivity index (χ2v) is 6.65. The first-order valence-electron chi connectivity index (χ1n) is 8.75. The fourth-order valence-electron chi connectivity index (χ4n) is 3.47. The van der Waals surface area contributed by atoms with Crippen molar-refractivity contribution in [1.82, 2.24) is 10.2 Å². The Hall–Kier alpha value is -0.120. The van der Waals surface area contributed by atoms with Crippen molar-refractivity contribution in [3.63, 3.8) is 0 Å². The van der Waals surface area contributed by atoms with E-state index in [1.165, 1.54) is 58.0 Å². The molecule has 0 aromatic carbocycles. The maximum atomic E-state index is 9.51. The van der Waals surface area contributed by atoms with Crippen LogP contribution in [0.1, 0.15) is 72.1 Å². The Morgan fingerprint density at radius 2 is 2.00 bits per heavy atom. The predicted molar refractivity (Wildman–Crippen MR) is 87.1 cm³/mol. The molecule has 1 fully saturated rings. The topological polar surface area (TPSA) is 35.5 Å². The fourth-order valence-corrected chi connectivity index (χ4v) is 3.47. The largest absolute Gasteiger partial charge is 0.394 e. The van der Waals surface area contributed by atoms with Crippen molar-refractivity contribution >= 4 is 0 Å². The Bertz CT molecular complexity index is 247. The number of aliphatic hydroxyl groups is 1. The van der Waals surface area contributed by atoms with E-state index in [9.17, 15) is 5.11 Å². The third kappa shape index (κ3) is 6.11. The highest BCUT2D eigenvalue weighted by molar-refractivity contribution is 4.82. The summed E-state index contributed by atoms with van der Waals surface area (Å²) in [7, 11) is 0. The Morgan fingerprint density at radius 3 is 2.65 bits per heavy atom. The monoisotopic (exact) mass is 284 g/mol. The van der Waals surface area contributed by atoms with Gasteiger partial charge >= 0.3 is 0 Å². The number of aliphatic hydroxyl groups excluding tert-OH is 1. The molecular formula is C17H36N2O. The first kappa shape index (κ1) is 17.9. The second kappa shape index (κ2) is 9.75. The zero-order valence-corrected chi connectivity index (χ0v) is 14.0. The van der Waals surface area contributed by atoms with Gasteiger partial charge in [0.05, 0.1) is 6.61 Å². The van der Waals surface area contributed by atoms with Gasteiger partial charge in [0.2, 0.25) is 0 Å². The van der Waals surface area contributed by atoms with Crippen LogP contribution in [0.2, 0.25) is 0 Å². The number of rotatable bonds is 9. The molecular weight excluding hydrogens is 248 g/mol. The van der Waals surface area contributed by atoms with Crippen LogP contribution in [0.15, 0.2) is 0 Å². The maximum Gasteiger partial charge on any atom is 0.0610 e. The van der Waals surface area contributed by atoms with E-state index in [2.05, 4.69) is 31.0 Å². The molecule has 0 radical (unpaired) electrons. The molecule has 0 aliphatic carbocycles. The summed E-state index contributed by atoms with van der Waals surface area (Å²) in [5.41, 5.74) is -0.0856. The Kier molecular flexibility index (Phi) is 8.74. The summed E-state index contributed by atoms with van der Waals surface area (Å²) in [6.45, 7) is 10.3. The number of nitrogens with one attached hydrogen (secondary N) is 1. The van der Waals surface area contributed by atoms with E-state index in [0.717, 1.165) is 19.0 Å². The summed E-state index contributed by atoms with van der Waals surface area (Å²) in [6, 6.07) is 0.815. The van der Waals surface area contributed by atoms with Gasteiger partial charge in [-0.2, -0.15) is 0 Å². The number of hydrogen-bond acceptors (Lipinski definition) is 3. The molecule has 3 nitrogen and oxygen atoms in total. The smallest absolute Gasteiger partial charge is 0.0610 e. The van der Waals surface area contributed by atoms with Crippen LogP contribution in [0, 0.1) is 0 Å². The van der Waals surface area contributed by atoms with E-state index < -0.39 is 0 Å². The van der Waals surface area contributed by atoms with Crippen molar-refractivity contribution in [3.05, 3.63) is 0 Å². The number of likely N-dealkylation sites (N-methyl/N-ethyl adjacent to an activating group) is 1. The van der Waals surface area contributed by atoms with E-state index in [1.807, 2.05) is 0 Å². The van der Waals surface area contributed by atoms with Gasteiger partial charge in [0.15, 0.2) is 0 Å². The van der Waals surface area contributed by atoms with Crippen LogP contribution in [0.3, 0.4) is 0 Å². The molecule has 1 heterocycles. The summed E-state index contributed by atoms with van der Waals surface area (Å²) >= 11 is 0. The van der Waals surface area contributed by atoms with Crippen LogP contribution < -0.4 is 5.32 Å². The number of hydrogen-bond donors (Lipinski definition) is 2. The molecule has 0 aromatic rings. The molecule has 120 valence electrons. The zero-order valence-electron chi connectivity index (χ0n) is 14.0. The Morgan fingerprint density at radius 1 is 1.20 bits per heavy atom. The normalized spacial score (nSPS) is 24.3. The minimum absolute atomic E-state index is 0.0856. The van der Waals surface area contributed by atoms with Crippen LogP contribution in [0.25, 0.3) is 0 Å². The lowest BCUT2D eigenvalue weighted by Crippen LogP contribution is -2.45. The fraction of sp³-hybridized carbons (Fsp3) is 1.00. The van der Waals surface area contributed by atoms with Crippen LogP contribution in [0.4, 0.5) is 0 Å². The average Bonchev–Trinajstić information content (AvgIpc) is 2.69. The number of unbranched alkanes of at least 4 members (excludes halogenated alkanes) is 1. The molecule has 3 heteroatoms. The van der Waals surface area contributed by atoms with E-state index in [-0.39, 0.29) is 12.1 Å². The number of nitrogens with zero attached hydrogens (tertiary/aromatic N) is 1. The molecule has 1 aliphatic rings. The molecule has 20 heavy (non-hydrogen) atoms. The summed E-state index contributed by atoms with van der Waals surface area (Å²) in [5, 5.41) is 12.9. The number of likely N-dealkylation sites (tertiary alicyclic amines) is 1. The van der Waals surface area contributed by atoms with E-state index in [1.54, 1.807) is 0 Å². The molecule has 2 atom stereocenters. The minimum atomic E-state index is -0.0856. The highest BCUT2D eigenvalue weighted by Gasteiger charge is 2.22. The summed E-state index contributed by atoms with van der Waals surface area (Å²) < 4.78 is 0. The molecule has 1 saturated heterocycles. The molecule has 1 aliphatic heterocycles. The quantitative estimate of drug-likeness (QED) is 0.638. The van der Waals surface area contributed by atoms with Gasteiger partial charge in [-0.1, -0.05) is 33.1 Å². The molecule has 1 rings (SSSR count). The molecule has 0 amide bonds. The van der Waals surface area contributed by atoms with Crippen molar-refractivity contribution in [1.29, 1.82) is 0 Å². The van der Waals surface area contributed by atoms with Gasteiger partial charge in [0.1, 0.15) is 0 Å². The molecule has 2 unspecified atom stereocenters. The van der Waals surface area contributed by atoms with E-state index in [0.29, 0.717) is 0 Å². The van der Waals surface area contributed by atoms with Gasteiger partial charge in [-0.25, -0.2) is 0 Å². The molecule has 0 saturated carbocycles. The van der Waals surface area contributed by atoms with Crippen LogP contribution in [-0.2, 0) is 0 Å². The van der Waals surface area contributed by atoms with Crippen molar-refractivity contribution in [2.45, 2.75) is 83.7 Å². The average molecular weight is 284 g/mol. The molecule has 2 N–H and O–H groups in total. The lowest BCUT2D eigenvalue weighted by Gasteiger charge is -2.31. The van der Waals surface area contributed by atoms with Crippen LogP contribution in [0.5, 0.6) is 0 Å². The van der Waals surface area contributed by atoms with Gasteiger partial charge in [-0.15, -0.1) is 0 Å². The van der Waals surface area contributed by atoms with E-state index >= 15 is 0 Å². The van der Waals surface area contributed by atoms with Gasteiger partial charge in [-0.05, 0) is 58.7 Å². The van der Waals surface area contributed by atoms with Crippen molar-refractivity contribution in [3.8, 4) is 0 Å². The highest BCUT2D eigenvalue weighted by atomic mass is 16.3. The SMILES string of the molecule is CCNC(C)(CO)CCCCN1CCCCCC1CC. The highest BCUT2D eigenvalue weighted by Crippen LogP contribution is 2.20. The first-order valence-corrected chi connectivity index (χ1v) is 8.75. The maximum absolute atomic E-state index is 9.51. The van der Waals surface area contributed by atoms with E-state index in [4.69, 9.17) is 0 Å². The molecule has 0 spiro atoms. The van der Waals surface area contributed by atoms with Crippen molar-refractivity contribution in [2.75, 3.05) is 26.2 Å². The van der Waals surface area contributed by atoms with Gasteiger partial charge in [0.25, 0.3) is 0 Å². The van der Waals surface area contributed by atoms with Crippen LogP contribution >= 0.6 is 0 Å². The first-order chi connectivity index (χ1) is 9.65. The van der Waals surface area contributed by atoms with Gasteiger partial charge < -0.3 is 15.3 Å². The summed E-state index contributed by atoms with van der Waals surface area (Å²) in [5.74, 6) is 0.